The predicted molar refractivity (Wildman–Crippen MR) is 61.3 cm³/mol. The molecule has 102 valence electrons. The summed E-state index contributed by atoms with van der Waals surface area (Å²) in [5.74, 6) is -0.610. The molecule has 1 aromatic rings. The number of halogens is 1. The standard InChI is InChI=1S/C12H12FNO5/c13-7-1-2-9(14(15)16)10(3-7)19-8-4-11-12(5-8)18-6-17-11/h1-3,8,11-12H,4-6H2/t8?,11-,12+. The van der Waals surface area contributed by atoms with Crippen molar-refractivity contribution in [3.8, 4) is 5.75 Å². The molecule has 2 fully saturated rings. The fourth-order valence-corrected chi connectivity index (χ4v) is 2.49. The highest BCUT2D eigenvalue weighted by atomic mass is 19.1. The van der Waals surface area contributed by atoms with Crippen molar-refractivity contribution in [1.29, 1.82) is 0 Å². The summed E-state index contributed by atoms with van der Waals surface area (Å²) in [6, 6.07) is 3.18. The molecule has 3 rings (SSSR count). The molecule has 0 spiro atoms. The Morgan fingerprint density at radius 2 is 2.00 bits per heavy atom. The smallest absolute Gasteiger partial charge is 0.311 e. The van der Waals surface area contributed by atoms with Gasteiger partial charge >= 0.3 is 5.69 Å². The van der Waals surface area contributed by atoms with Crippen LogP contribution in [0, 0.1) is 15.9 Å². The third-order valence-electron chi connectivity index (χ3n) is 3.38. The Bertz CT molecular complexity index is 497. The maximum atomic E-state index is 13.2. The van der Waals surface area contributed by atoms with Gasteiger partial charge in [-0.05, 0) is 6.07 Å². The van der Waals surface area contributed by atoms with E-state index in [1.807, 2.05) is 0 Å². The van der Waals surface area contributed by atoms with Gasteiger partial charge in [-0.3, -0.25) is 10.1 Å². The summed E-state index contributed by atoms with van der Waals surface area (Å²) < 4.78 is 29.4. The van der Waals surface area contributed by atoms with Crippen molar-refractivity contribution >= 4 is 5.69 Å². The van der Waals surface area contributed by atoms with Gasteiger partial charge in [-0.15, -0.1) is 0 Å². The summed E-state index contributed by atoms with van der Waals surface area (Å²) in [6.07, 6.45) is 0.877. The number of hydrogen-bond acceptors (Lipinski definition) is 5. The van der Waals surface area contributed by atoms with E-state index in [4.69, 9.17) is 14.2 Å². The van der Waals surface area contributed by atoms with Crippen LogP contribution in [0.5, 0.6) is 5.75 Å². The van der Waals surface area contributed by atoms with Gasteiger partial charge in [-0.1, -0.05) is 0 Å². The predicted octanol–water partition coefficient (Wildman–Crippen LogP) is 2.02. The highest BCUT2D eigenvalue weighted by Crippen LogP contribution is 2.35. The van der Waals surface area contributed by atoms with Crippen LogP contribution in [0.15, 0.2) is 18.2 Å². The highest BCUT2D eigenvalue weighted by Gasteiger charge is 2.41. The average molecular weight is 269 g/mol. The summed E-state index contributed by atoms with van der Waals surface area (Å²) >= 11 is 0. The van der Waals surface area contributed by atoms with E-state index in [9.17, 15) is 14.5 Å². The van der Waals surface area contributed by atoms with E-state index in [1.54, 1.807) is 0 Å². The molecule has 0 radical (unpaired) electrons. The number of benzene rings is 1. The first-order chi connectivity index (χ1) is 9.13. The lowest BCUT2D eigenvalue weighted by Crippen LogP contribution is -2.15. The molecule has 6 nitrogen and oxygen atoms in total. The van der Waals surface area contributed by atoms with Crippen molar-refractivity contribution in [2.75, 3.05) is 6.79 Å². The van der Waals surface area contributed by atoms with Crippen LogP contribution in [-0.4, -0.2) is 30.0 Å². The molecule has 0 amide bonds. The van der Waals surface area contributed by atoms with Crippen LogP contribution >= 0.6 is 0 Å². The largest absolute Gasteiger partial charge is 0.483 e. The molecule has 1 saturated carbocycles. The minimum absolute atomic E-state index is 0.0300. The van der Waals surface area contributed by atoms with Gasteiger partial charge in [0.1, 0.15) is 18.7 Å². The van der Waals surface area contributed by atoms with Crippen LogP contribution < -0.4 is 4.74 Å². The van der Waals surface area contributed by atoms with Crippen LogP contribution in [-0.2, 0) is 9.47 Å². The number of nitro benzene ring substituents is 1. The number of fused-ring (bicyclic) bond motifs is 1. The van der Waals surface area contributed by atoms with Crippen LogP contribution in [0.25, 0.3) is 0 Å². The van der Waals surface area contributed by atoms with E-state index < -0.39 is 10.7 Å². The van der Waals surface area contributed by atoms with E-state index in [0.29, 0.717) is 12.8 Å². The van der Waals surface area contributed by atoms with Crippen LogP contribution in [0.1, 0.15) is 12.8 Å². The van der Waals surface area contributed by atoms with Gasteiger partial charge in [0.2, 0.25) is 0 Å². The van der Waals surface area contributed by atoms with Crippen molar-refractivity contribution < 1.29 is 23.5 Å². The number of nitrogens with zero attached hydrogens (tertiary/aromatic N) is 1. The molecule has 7 heteroatoms. The average Bonchev–Trinajstić information content (AvgIpc) is 2.89. The van der Waals surface area contributed by atoms with Crippen LogP contribution in [0.3, 0.4) is 0 Å². The van der Waals surface area contributed by atoms with Gasteiger partial charge in [0.05, 0.1) is 17.1 Å². The monoisotopic (exact) mass is 269 g/mol. The lowest BCUT2D eigenvalue weighted by atomic mass is 10.2. The zero-order valence-corrected chi connectivity index (χ0v) is 9.95. The van der Waals surface area contributed by atoms with Crippen molar-refractivity contribution in [2.45, 2.75) is 31.2 Å². The van der Waals surface area contributed by atoms with E-state index in [2.05, 4.69) is 0 Å². The Kier molecular flexibility index (Phi) is 3.08. The molecule has 1 heterocycles. The molecule has 1 saturated heterocycles. The fraction of sp³-hybridized carbons (Fsp3) is 0.500. The second kappa shape index (κ2) is 4.75. The molecule has 0 N–H and O–H groups in total. The lowest BCUT2D eigenvalue weighted by molar-refractivity contribution is -0.386. The maximum Gasteiger partial charge on any atom is 0.311 e. The zero-order chi connectivity index (χ0) is 13.4. The second-order valence-corrected chi connectivity index (χ2v) is 4.61. The first-order valence-electron chi connectivity index (χ1n) is 5.97. The van der Waals surface area contributed by atoms with E-state index >= 15 is 0 Å². The molecule has 1 unspecified atom stereocenters. The Morgan fingerprint density at radius 3 is 2.63 bits per heavy atom. The quantitative estimate of drug-likeness (QED) is 0.620. The highest BCUT2D eigenvalue weighted by molar-refractivity contribution is 5.46. The normalized spacial score (nSPS) is 29.2. The summed E-state index contributed by atoms with van der Waals surface area (Å²) in [5.41, 5.74) is -0.236. The Hall–Kier alpha value is -1.73. The third-order valence-corrected chi connectivity index (χ3v) is 3.38. The number of ether oxygens (including phenoxy) is 3. The van der Waals surface area contributed by atoms with Gasteiger partial charge < -0.3 is 14.2 Å². The van der Waals surface area contributed by atoms with Gasteiger partial charge in [-0.2, -0.15) is 0 Å². The fourth-order valence-electron chi connectivity index (χ4n) is 2.49. The summed E-state index contributed by atoms with van der Waals surface area (Å²) in [7, 11) is 0. The van der Waals surface area contributed by atoms with E-state index in [-0.39, 0.29) is 36.5 Å². The second-order valence-electron chi connectivity index (χ2n) is 4.61. The van der Waals surface area contributed by atoms with Crippen molar-refractivity contribution in [3.63, 3.8) is 0 Å². The number of hydrogen-bond donors (Lipinski definition) is 0. The zero-order valence-electron chi connectivity index (χ0n) is 9.95. The first-order valence-corrected chi connectivity index (χ1v) is 5.97. The molecule has 2 aliphatic rings. The topological polar surface area (TPSA) is 70.8 Å². The summed E-state index contributed by atoms with van der Waals surface area (Å²) in [5, 5.41) is 10.9. The van der Waals surface area contributed by atoms with Crippen molar-refractivity contribution in [2.24, 2.45) is 0 Å². The van der Waals surface area contributed by atoms with Crippen LogP contribution in [0.2, 0.25) is 0 Å². The lowest BCUT2D eigenvalue weighted by Gasteiger charge is -2.14. The van der Waals surface area contributed by atoms with E-state index in [1.165, 1.54) is 0 Å². The molecule has 3 atom stereocenters. The van der Waals surface area contributed by atoms with Crippen LogP contribution in [0.4, 0.5) is 10.1 Å². The summed E-state index contributed by atoms with van der Waals surface area (Å²) in [6.45, 7) is 0.280. The molecule has 1 aliphatic carbocycles. The minimum Gasteiger partial charge on any atom is -0.483 e. The molecule has 19 heavy (non-hydrogen) atoms. The minimum atomic E-state index is -0.586. The first kappa shape index (κ1) is 12.3. The van der Waals surface area contributed by atoms with Crippen molar-refractivity contribution in [1.82, 2.24) is 0 Å². The molecule has 0 bridgehead atoms. The van der Waals surface area contributed by atoms with E-state index in [0.717, 1.165) is 18.2 Å². The molecular formula is C12H12FNO5. The van der Waals surface area contributed by atoms with Gasteiger partial charge in [-0.25, -0.2) is 4.39 Å². The van der Waals surface area contributed by atoms with Crippen molar-refractivity contribution in [3.05, 3.63) is 34.1 Å². The Labute approximate surface area is 108 Å². The number of rotatable bonds is 3. The molecule has 1 aliphatic heterocycles. The summed E-state index contributed by atoms with van der Waals surface area (Å²) in [4.78, 5) is 10.3. The van der Waals surface area contributed by atoms with Gasteiger partial charge in [0.15, 0.2) is 5.75 Å². The Balaban J connectivity index is 1.76. The Morgan fingerprint density at radius 1 is 1.32 bits per heavy atom. The molecule has 0 aromatic heterocycles. The van der Waals surface area contributed by atoms with Gasteiger partial charge in [0.25, 0.3) is 0 Å². The molecule has 1 aromatic carbocycles. The third kappa shape index (κ3) is 2.39. The molecular weight excluding hydrogens is 257 g/mol. The maximum absolute atomic E-state index is 13.2. The van der Waals surface area contributed by atoms with Gasteiger partial charge in [0, 0.05) is 25.0 Å². The SMILES string of the molecule is O=[N+]([O-])c1ccc(F)cc1OC1C[C@@H]2OCO[C@@H]2C1. The number of nitro groups is 1.